The van der Waals surface area contributed by atoms with Gasteiger partial charge in [-0.15, -0.1) is 0 Å². The van der Waals surface area contributed by atoms with Crippen molar-refractivity contribution in [2.24, 2.45) is 0 Å². The van der Waals surface area contributed by atoms with Crippen LogP contribution in [0.5, 0.6) is 0 Å². The molecule has 8 heteroatoms. The Hall–Kier alpha value is -2.12. The van der Waals surface area contributed by atoms with Gasteiger partial charge < -0.3 is 20.3 Å². The van der Waals surface area contributed by atoms with E-state index in [1.165, 1.54) is 6.42 Å². The van der Waals surface area contributed by atoms with Crippen molar-refractivity contribution in [1.82, 2.24) is 15.5 Å². The van der Waals surface area contributed by atoms with Gasteiger partial charge in [0.15, 0.2) is 5.82 Å². The van der Waals surface area contributed by atoms with Crippen molar-refractivity contribution in [2.45, 2.75) is 57.3 Å². The summed E-state index contributed by atoms with van der Waals surface area (Å²) in [6.45, 7) is 0.920. The highest BCUT2D eigenvalue weighted by molar-refractivity contribution is 5.76. The molecule has 0 bridgehead atoms. The molecule has 1 amide bonds. The molecule has 1 aromatic heterocycles. The van der Waals surface area contributed by atoms with Crippen LogP contribution in [0.1, 0.15) is 63.1 Å². The number of aromatic nitrogens is 2. The minimum Gasteiger partial charge on any atom is -0.481 e. The first kappa shape index (κ1) is 17.2. The van der Waals surface area contributed by atoms with Gasteiger partial charge in [0.2, 0.25) is 5.91 Å². The van der Waals surface area contributed by atoms with Gasteiger partial charge in [0.05, 0.1) is 6.42 Å². The highest BCUT2D eigenvalue weighted by Gasteiger charge is 2.24. The number of rotatable bonds is 11. The summed E-state index contributed by atoms with van der Waals surface area (Å²) in [5, 5.41) is 18.1. The number of aliphatic carboxylic acids is 1. The molecule has 3 N–H and O–H groups in total. The van der Waals surface area contributed by atoms with E-state index in [0.717, 1.165) is 44.5 Å². The molecule has 128 valence electrons. The monoisotopic (exact) mass is 324 g/mol. The lowest BCUT2D eigenvalue weighted by molar-refractivity contribution is -0.136. The molecule has 1 aliphatic rings. The van der Waals surface area contributed by atoms with Gasteiger partial charge in [-0.2, -0.15) is 4.98 Å². The summed E-state index contributed by atoms with van der Waals surface area (Å²) in [4.78, 5) is 26.1. The zero-order chi connectivity index (χ0) is 16.5. The number of carbonyl (C=O) groups is 2. The Morgan fingerprint density at radius 3 is 2.70 bits per heavy atom. The standard InChI is InChI=1S/C15H24N4O4/c20-12(16-10-8-13(21)22)7-2-1-3-9-17-15-18-14(19-23-15)11-5-4-6-11/h11H,1-10H2,(H,16,20)(H,21,22)(H,17,18,19). The second-order valence-electron chi connectivity index (χ2n) is 5.82. The molecule has 0 radical (unpaired) electrons. The van der Waals surface area contributed by atoms with E-state index >= 15 is 0 Å². The Balaban J connectivity index is 1.46. The number of carboxylic acid groups (broad SMARTS) is 1. The molecule has 2 rings (SSSR count). The maximum atomic E-state index is 11.4. The van der Waals surface area contributed by atoms with Gasteiger partial charge in [-0.25, -0.2) is 0 Å². The fourth-order valence-electron chi connectivity index (χ4n) is 2.32. The second-order valence-corrected chi connectivity index (χ2v) is 5.82. The van der Waals surface area contributed by atoms with Crippen LogP contribution in [-0.2, 0) is 9.59 Å². The number of hydrogen-bond acceptors (Lipinski definition) is 6. The number of carbonyl (C=O) groups excluding carboxylic acids is 1. The van der Waals surface area contributed by atoms with Gasteiger partial charge in [0.1, 0.15) is 0 Å². The summed E-state index contributed by atoms with van der Waals surface area (Å²) < 4.78 is 5.15. The van der Waals surface area contributed by atoms with Crippen molar-refractivity contribution >= 4 is 17.9 Å². The van der Waals surface area contributed by atoms with Crippen molar-refractivity contribution in [3.8, 4) is 0 Å². The first-order valence-corrected chi connectivity index (χ1v) is 8.21. The van der Waals surface area contributed by atoms with E-state index in [1.54, 1.807) is 0 Å². The van der Waals surface area contributed by atoms with Crippen molar-refractivity contribution in [3.63, 3.8) is 0 Å². The van der Waals surface area contributed by atoms with Gasteiger partial charge in [-0.3, -0.25) is 9.59 Å². The van der Waals surface area contributed by atoms with Crippen molar-refractivity contribution in [2.75, 3.05) is 18.4 Å². The highest BCUT2D eigenvalue weighted by Crippen LogP contribution is 2.34. The SMILES string of the molecule is O=C(O)CCNC(=O)CCCCCNc1nc(C2CCC2)no1. The average Bonchev–Trinajstić information content (AvgIpc) is 2.88. The molecule has 8 nitrogen and oxygen atoms in total. The predicted molar refractivity (Wildman–Crippen MR) is 83.1 cm³/mol. The van der Waals surface area contributed by atoms with Crippen LogP contribution in [-0.4, -0.2) is 40.2 Å². The minimum absolute atomic E-state index is 0.0390. The van der Waals surface area contributed by atoms with Crippen molar-refractivity contribution in [3.05, 3.63) is 5.82 Å². The highest BCUT2D eigenvalue weighted by atomic mass is 16.5. The molecule has 23 heavy (non-hydrogen) atoms. The van der Waals surface area contributed by atoms with Crippen LogP contribution in [0.3, 0.4) is 0 Å². The van der Waals surface area contributed by atoms with Crippen LogP contribution in [0.15, 0.2) is 4.52 Å². The van der Waals surface area contributed by atoms with Gasteiger partial charge in [-0.1, -0.05) is 18.0 Å². The second kappa shape index (κ2) is 9.12. The van der Waals surface area contributed by atoms with E-state index in [9.17, 15) is 9.59 Å². The number of nitrogens with zero attached hydrogens (tertiary/aromatic N) is 2. The molecule has 1 fully saturated rings. The Labute approximate surface area is 135 Å². The third-order valence-electron chi connectivity index (χ3n) is 3.93. The third kappa shape index (κ3) is 6.25. The number of anilines is 1. The van der Waals surface area contributed by atoms with Crippen LogP contribution in [0.2, 0.25) is 0 Å². The van der Waals surface area contributed by atoms with E-state index in [-0.39, 0.29) is 18.9 Å². The van der Waals surface area contributed by atoms with Crippen molar-refractivity contribution < 1.29 is 19.2 Å². The Morgan fingerprint density at radius 2 is 2.00 bits per heavy atom. The Kier molecular flexibility index (Phi) is 6.83. The molecular weight excluding hydrogens is 300 g/mol. The van der Waals surface area contributed by atoms with Crippen LogP contribution in [0.25, 0.3) is 0 Å². The fraction of sp³-hybridized carbons (Fsp3) is 0.733. The quantitative estimate of drug-likeness (QED) is 0.532. The zero-order valence-corrected chi connectivity index (χ0v) is 13.2. The summed E-state index contributed by atoms with van der Waals surface area (Å²) >= 11 is 0. The molecule has 1 aromatic rings. The fourth-order valence-corrected chi connectivity index (χ4v) is 2.32. The van der Waals surface area contributed by atoms with E-state index in [1.807, 2.05) is 0 Å². The number of amides is 1. The lowest BCUT2D eigenvalue weighted by atomic mass is 9.85. The maximum Gasteiger partial charge on any atom is 0.321 e. The van der Waals surface area contributed by atoms with Gasteiger partial charge >= 0.3 is 12.0 Å². The zero-order valence-electron chi connectivity index (χ0n) is 13.2. The molecule has 0 aromatic carbocycles. The van der Waals surface area contributed by atoms with Gasteiger partial charge in [-0.05, 0) is 25.7 Å². The number of unbranched alkanes of at least 4 members (excludes halogenated alkanes) is 2. The topological polar surface area (TPSA) is 117 Å². The van der Waals surface area contributed by atoms with Crippen LogP contribution in [0, 0.1) is 0 Å². The normalized spacial score (nSPS) is 14.3. The molecule has 1 saturated carbocycles. The number of nitrogens with one attached hydrogen (secondary N) is 2. The van der Waals surface area contributed by atoms with E-state index in [4.69, 9.17) is 9.63 Å². The summed E-state index contributed by atoms with van der Waals surface area (Å²) in [7, 11) is 0. The first-order chi connectivity index (χ1) is 11.1. The lowest BCUT2D eigenvalue weighted by Gasteiger charge is -2.20. The molecule has 1 aliphatic carbocycles. The molecule has 0 aliphatic heterocycles. The Morgan fingerprint density at radius 1 is 1.17 bits per heavy atom. The molecule has 0 atom stereocenters. The summed E-state index contributed by atoms with van der Waals surface area (Å²) in [6, 6.07) is 0.471. The number of hydrogen-bond donors (Lipinski definition) is 3. The molecule has 1 heterocycles. The molecule has 0 unspecified atom stereocenters. The molecule has 0 spiro atoms. The number of carboxylic acids is 1. The third-order valence-corrected chi connectivity index (χ3v) is 3.93. The average molecular weight is 324 g/mol. The van der Waals surface area contributed by atoms with Gasteiger partial charge in [0.25, 0.3) is 0 Å². The maximum absolute atomic E-state index is 11.4. The largest absolute Gasteiger partial charge is 0.481 e. The van der Waals surface area contributed by atoms with E-state index in [2.05, 4.69) is 20.8 Å². The summed E-state index contributed by atoms with van der Waals surface area (Å²) in [5.41, 5.74) is 0. The Bertz CT molecular complexity index is 513. The summed E-state index contributed by atoms with van der Waals surface area (Å²) in [6.07, 6.45) is 6.51. The van der Waals surface area contributed by atoms with E-state index in [0.29, 0.717) is 18.4 Å². The van der Waals surface area contributed by atoms with E-state index < -0.39 is 5.97 Å². The van der Waals surface area contributed by atoms with Crippen LogP contribution in [0.4, 0.5) is 6.01 Å². The summed E-state index contributed by atoms with van der Waals surface area (Å²) in [5.74, 6) is 0.268. The molecular formula is C15H24N4O4. The lowest BCUT2D eigenvalue weighted by Crippen LogP contribution is -2.25. The van der Waals surface area contributed by atoms with Crippen LogP contribution >= 0.6 is 0 Å². The first-order valence-electron chi connectivity index (χ1n) is 8.21. The van der Waals surface area contributed by atoms with Crippen LogP contribution < -0.4 is 10.6 Å². The minimum atomic E-state index is -0.905. The van der Waals surface area contributed by atoms with Gasteiger partial charge in [0, 0.05) is 25.4 Å². The molecule has 0 saturated heterocycles. The smallest absolute Gasteiger partial charge is 0.321 e. The predicted octanol–water partition coefficient (Wildman–Crippen LogP) is 1.90. The van der Waals surface area contributed by atoms with Crippen molar-refractivity contribution in [1.29, 1.82) is 0 Å².